The molecule has 1 N–H and O–H groups in total. The zero-order valence-corrected chi connectivity index (χ0v) is 14.3. The second-order valence-electron chi connectivity index (χ2n) is 6.41. The second kappa shape index (κ2) is 7.02. The van der Waals surface area contributed by atoms with E-state index in [1.165, 1.54) is 36.4 Å². The Balaban J connectivity index is 1.87. The largest absolute Gasteiger partial charge is 0.623 e. The molecule has 1 aliphatic rings. The maximum Gasteiger partial charge on any atom is 0.416 e. The summed E-state index contributed by atoms with van der Waals surface area (Å²) < 4.78 is 52.5. The highest BCUT2D eigenvalue weighted by atomic mass is 19.4. The van der Waals surface area contributed by atoms with Gasteiger partial charge in [-0.1, -0.05) is 24.3 Å². The van der Waals surface area contributed by atoms with Crippen LogP contribution in [0, 0.1) is 11.0 Å². The number of benzene rings is 2. The minimum Gasteiger partial charge on any atom is -0.623 e. The van der Waals surface area contributed by atoms with Crippen molar-refractivity contribution < 1.29 is 27.1 Å². The fourth-order valence-corrected chi connectivity index (χ4v) is 3.20. The van der Waals surface area contributed by atoms with Crippen molar-refractivity contribution in [1.29, 1.82) is 0 Å². The van der Waals surface area contributed by atoms with Gasteiger partial charge in [0.2, 0.25) is 6.04 Å². The smallest absolute Gasteiger partial charge is 0.416 e. The first-order valence-electron chi connectivity index (χ1n) is 8.20. The van der Waals surface area contributed by atoms with E-state index in [4.69, 9.17) is 0 Å². The van der Waals surface area contributed by atoms with Gasteiger partial charge in [-0.2, -0.15) is 13.2 Å². The Labute approximate surface area is 152 Å². The number of hydrogen-bond acceptors (Lipinski definition) is 2. The number of hydrogen-bond donors (Lipinski definition) is 1. The Morgan fingerprint density at radius 1 is 1.15 bits per heavy atom. The summed E-state index contributed by atoms with van der Waals surface area (Å²) in [6.07, 6.45) is -4.24. The number of amides is 1. The molecule has 1 aliphatic heterocycles. The number of halogens is 4. The summed E-state index contributed by atoms with van der Waals surface area (Å²) in [5.74, 6) is -1.98. The molecule has 0 aromatic heterocycles. The van der Waals surface area contributed by atoms with Gasteiger partial charge in [0, 0.05) is 13.3 Å². The Bertz CT molecular complexity index is 891. The number of para-hydroxylation sites is 1. The fourth-order valence-electron chi connectivity index (χ4n) is 3.20. The Morgan fingerprint density at radius 2 is 1.78 bits per heavy atom. The summed E-state index contributed by atoms with van der Waals surface area (Å²) in [7, 11) is 0. The van der Waals surface area contributed by atoms with Crippen LogP contribution in [0.15, 0.2) is 48.5 Å². The topological polar surface area (TPSA) is 55.2 Å². The number of rotatable bonds is 3. The fraction of sp³-hybridized carbons (Fsp3) is 0.263. The van der Waals surface area contributed by atoms with Gasteiger partial charge < -0.3 is 10.5 Å². The zero-order chi connectivity index (χ0) is 19.8. The number of anilines is 1. The van der Waals surface area contributed by atoms with Crippen molar-refractivity contribution >= 4 is 17.3 Å². The van der Waals surface area contributed by atoms with Gasteiger partial charge in [-0.15, -0.1) is 0 Å². The predicted molar refractivity (Wildman–Crippen MR) is 91.9 cm³/mol. The highest BCUT2D eigenvalue weighted by Gasteiger charge is 2.44. The van der Waals surface area contributed by atoms with E-state index in [0.717, 1.165) is 12.1 Å². The average molecular weight is 380 g/mol. The van der Waals surface area contributed by atoms with Crippen LogP contribution in [0.5, 0.6) is 0 Å². The van der Waals surface area contributed by atoms with Crippen molar-refractivity contribution in [3.8, 4) is 0 Å². The van der Waals surface area contributed by atoms with Crippen LogP contribution < -0.4 is 5.32 Å². The third kappa shape index (κ3) is 3.79. The Hall–Kier alpha value is -2.90. The van der Waals surface area contributed by atoms with Crippen LogP contribution in [-0.2, 0) is 11.0 Å². The van der Waals surface area contributed by atoms with Gasteiger partial charge in [0.1, 0.15) is 5.82 Å². The molecule has 3 rings (SSSR count). The number of nitrogens with one attached hydrogen (secondary N) is 1. The molecule has 0 fully saturated rings. The lowest BCUT2D eigenvalue weighted by molar-refractivity contribution is -0.479. The van der Waals surface area contributed by atoms with Crippen LogP contribution in [-0.4, -0.2) is 22.4 Å². The van der Waals surface area contributed by atoms with E-state index in [-0.39, 0.29) is 12.1 Å². The van der Waals surface area contributed by atoms with Gasteiger partial charge in [-0.3, -0.25) is 4.79 Å². The summed E-state index contributed by atoms with van der Waals surface area (Å²) in [5, 5.41) is 14.8. The monoisotopic (exact) mass is 380 g/mol. The Morgan fingerprint density at radius 3 is 2.37 bits per heavy atom. The first-order valence-corrected chi connectivity index (χ1v) is 8.20. The van der Waals surface area contributed by atoms with Crippen molar-refractivity contribution in [2.45, 2.75) is 31.5 Å². The molecule has 2 atom stereocenters. The number of nitrogens with zero attached hydrogens (tertiary/aromatic N) is 1. The van der Waals surface area contributed by atoms with Crippen molar-refractivity contribution in [2.24, 2.45) is 0 Å². The number of alkyl halides is 3. The molecule has 0 saturated carbocycles. The standard InChI is InChI=1S/C19H16F4N2O2/c1-11-10-14(12-6-8-13(9-7-12)19(21,22)23)17(25(11)27)18(26)24-16-5-3-2-4-15(16)20/h2-9,14,17H,10H2,1H3,(H,24,26)/t14-,17+/m1/s1. The summed E-state index contributed by atoms with van der Waals surface area (Å²) in [6.45, 7) is 1.56. The lowest BCUT2D eigenvalue weighted by atomic mass is 9.89. The number of hydroxylamine groups is 1. The van der Waals surface area contributed by atoms with E-state index in [9.17, 15) is 27.6 Å². The summed E-state index contributed by atoms with van der Waals surface area (Å²) in [6, 6.07) is 8.71. The molecule has 2 aromatic rings. The molecule has 8 heteroatoms. The van der Waals surface area contributed by atoms with Crippen LogP contribution in [0.25, 0.3) is 0 Å². The van der Waals surface area contributed by atoms with E-state index in [0.29, 0.717) is 16.0 Å². The molecular formula is C19H16F4N2O2. The molecule has 0 saturated heterocycles. The lowest BCUT2D eigenvalue weighted by Gasteiger charge is -2.19. The van der Waals surface area contributed by atoms with Gasteiger partial charge >= 0.3 is 6.18 Å². The maximum absolute atomic E-state index is 13.8. The quantitative estimate of drug-likeness (QED) is 0.490. The predicted octanol–water partition coefficient (Wildman–Crippen LogP) is 4.31. The molecule has 0 unspecified atom stereocenters. The van der Waals surface area contributed by atoms with Gasteiger partial charge in [-0.05, 0) is 29.8 Å². The third-order valence-electron chi connectivity index (χ3n) is 4.59. The molecular weight excluding hydrogens is 364 g/mol. The molecule has 0 radical (unpaired) electrons. The molecule has 2 aromatic carbocycles. The summed E-state index contributed by atoms with van der Waals surface area (Å²) in [5.41, 5.74) is -0.0501. The van der Waals surface area contributed by atoms with Gasteiger partial charge in [0.25, 0.3) is 5.91 Å². The average Bonchev–Trinajstić information content (AvgIpc) is 2.91. The highest BCUT2D eigenvalue weighted by molar-refractivity contribution is 5.97. The third-order valence-corrected chi connectivity index (χ3v) is 4.59. The van der Waals surface area contributed by atoms with E-state index in [1.54, 1.807) is 6.92 Å². The first kappa shape index (κ1) is 18.9. The van der Waals surface area contributed by atoms with E-state index < -0.39 is 35.4 Å². The molecule has 1 amide bonds. The minimum absolute atomic E-state index is 0.0633. The van der Waals surface area contributed by atoms with Crippen molar-refractivity contribution in [3.05, 3.63) is 70.7 Å². The molecule has 0 bridgehead atoms. The van der Waals surface area contributed by atoms with Crippen LogP contribution in [0.3, 0.4) is 0 Å². The van der Waals surface area contributed by atoms with Gasteiger partial charge in [-0.25, -0.2) is 9.13 Å². The number of carbonyl (C=O) groups is 1. The molecule has 142 valence electrons. The van der Waals surface area contributed by atoms with Gasteiger partial charge in [0.15, 0.2) is 5.71 Å². The summed E-state index contributed by atoms with van der Waals surface area (Å²) in [4.78, 5) is 12.6. The van der Waals surface area contributed by atoms with Crippen LogP contribution in [0.4, 0.5) is 23.2 Å². The lowest BCUT2D eigenvalue weighted by Crippen LogP contribution is -2.37. The minimum atomic E-state index is -4.47. The van der Waals surface area contributed by atoms with E-state index >= 15 is 0 Å². The number of carbonyl (C=O) groups excluding carboxylic acids is 1. The van der Waals surface area contributed by atoms with E-state index in [1.807, 2.05) is 0 Å². The van der Waals surface area contributed by atoms with Crippen LogP contribution in [0.1, 0.15) is 30.4 Å². The summed E-state index contributed by atoms with van der Waals surface area (Å²) >= 11 is 0. The first-order chi connectivity index (χ1) is 12.7. The SMILES string of the molecule is CC1=[N+]([O-])[C@H](C(=O)Nc2ccccc2F)[C@@H](c2ccc(C(F)(F)F)cc2)C1. The van der Waals surface area contributed by atoms with Crippen molar-refractivity contribution in [2.75, 3.05) is 5.32 Å². The second-order valence-corrected chi connectivity index (χ2v) is 6.41. The molecule has 4 nitrogen and oxygen atoms in total. The van der Waals surface area contributed by atoms with Gasteiger partial charge in [0.05, 0.1) is 17.2 Å². The van der Waals surface area contributed by atoms with Crippen molar-refractivity contribution in [3.63, 3.8) is 0 Å². The van der Waals surface area contributed by atoms with Crippen LogP contribution in [0.2, 0.25) is 0 Å². The maximum atomic E-state index is 13.8. The van der Waals surface area contributed by atoms with Crippen molar-refractivity contribution in [1.82, 2.24) is 0 Å². The molecule has 0 aliphatic carbocycles. The Kier molecular flexibility index (Phi) is 4.91. The molecule has 27 heavy (non-hydrogen) atoms. The normalized spacial score (nSPS) is 20.0. The highest BCUT2D eigenvalue weighted by Crippen LogP contribution is 2.35. The van der Waals surface area contributed by atoms with Crippen LogP contribution >= 0.6 is 0 Å². The molecule has 0 spiro atoms. The van der Waals surface area contributed by atoms with E-state index in [2.05, 4.69) is 5.32 Å². The molecule has 1 heterocycles. The zero-order valence-electron chi connectivity index (χ0n) is 14.3.